The summed E-state index contributed by atoms with van der Waals surface area (Å²) >= 11 is 0. The molecule has 0 radical (unpaired) electrons. The zero-order valence-corrected chi connectivity index (χ0v) is 17.0. The molecule has 4 heteroatoms. The lowest BCUT2D eigenvalue weighted by atomic mass is 9.95. The summed E-state index contributed by atoms with van der Waals surface area (Å²) in [7, 11) is 2.02. The molecule has 0 spiro atoms. The molecule has 4 nitrogen and oxygen atoms in total. The lowest BCUT2D eigenvalue weighted by molar-refractivity contribution is 0.0744. The highest BCUT2D eigenvalue weighted by Crippen LogP contribution is 2.18. The Balaban J connectivity index is 1.35. The van der Waals surface area contributed by atoms with E-state index in [0.717, 1.165) is 18.8 Å². The Hall–Kier alpha value is -1.88. The molecule has 1 saturated carbocycles. The number of aliphatic hydroxyl groups excluding tert-OH is 1. The highest BCUT2D eigenvalue weighted by molar-refractivity contribution is 5.27. The van der Waals surface area contributed by atoms with E-state index in [0.29, 0.717) is 19.2 Å². The fourth-order valence-corrected chi connectivity index (χ4v) is 3.84. The van der Waals surface area contributed by atoms with Crippen LogP contribution in [0.1, 0.15) is 43.2 Å². The van der Waals surface area contributed by atoms with Gasteiger partial charge in [0.1, 0.15) is 18.5 Å². The van der Waals surface area contributed by atoms with E-state index in [-0.39, 0.29) is 0 Å². The third kappa shape index (κ3) is 7.27. The van der Waals surface area contributed by atoms with Crippen LogP contribution in [0.3, 0.4) is 0 Å². The first-order valence-corrected chi connectivity index (χ1v) is 10.5. The number of likely N-dealkylation sites (N-methyl/N-ethyl adjacent to an activating group) is 1. The van der Waals surface area contributed by atoms with E-state index in [2.05, 4.69) is 34.5 Å². The van der Waals surface area contributed by atoms with E-state index in [4.69, 9.17) is 4.74 Å². The van der Waals surface area contributed by atoms with Gasteiger partial charge in [0.2, 0.25) is 0 Å². The summed E-state index contributed by atoms with van der Waals surface area (Å²) in [5.74, 6) is 0.811. The van der Waals surface area contributed by atoms with Crippen LogP contribution in [0.5, 0.6) is 5.75 Å². The van der Waals surface area contributed by atoms with E-state index < -0.39 is 6.10 Å². The molecule has 152 valence electrons. The highest BCUT2D eigenvalue weighted by Gasteiger charge is 2.12. The molecule has 0 heterocycles. The van der Waals surface area contributed by atoms with Crippen molar-refractivity contribution in [3.05, 3.63) is 65.7 Å². The van der Waals surface area contributed by atoms with Crippen LogP contribution in [0.25, 0.3) is 0 Å². The Labute approximate surface area is 169 Å². The second-order valence-electron chi connectivity index (χ2n) is 8.01. The molecule has 3 rings (SSSR count). The van der Waals surface area contributed by atoms with Gasteiger partial charge in [-0.1, -0.05) is 61.7 Å². The standard InChI is InChI=1S/C24H34N2O2/c1-26(17-21-8-4-2-5-9-21)18-23(27)19-28-24-14-12-20(13-15-24)16-25-22-10-6-3-7-11-22/h2,4-5,8-9,12-15,22-23,25,27H,3,6-7,10-11,16-19H2,1H3. The second-order valence-corrected chi connectivity index (χ2v) is 8.01. The van der Waals surface area contributed by atoms with Gasteiger partial charge in [-0.05, 0) is 43.1 Å². The van der Waals surface area contributed by atoms with Crippen molar-refractivity contribution in [2.24, 2.45) is 0 Å². The van der Waals surface area contributed by atoms with Crippen LogP contribution in [0.2, 0.25) is 0 Å². The molecule has 0 bridgehead atoms. The summed E-state index contributed by atoms with van der Waals surface area (Å²) in [6, 6.07) is 19.2. The van der Waals surface area contributed by atoms with Gasteiger partial charge in [-0.2, -0.15) is 0 Å². The number of rotatable bonds is 10. The van der Waals surface area contributed by atoms with Crippen LogP contribution in [-0.2, 0) is 13.1 Å². The molecule has 1 fully saturated rings. The Morgan fingerprint density at radius 3 is 2.43 bits per heavy atom. The first-order chi connectivity index (χ1) is 13.7. The van der Waals surface area contributed by atoms with Crippen molar-refractivity contribution < 1.29 is 9.84 Å². The Kier molecular flexibility index (Phi) is 8.34. The fourth-order valence-electron chi connectivity index (χ4n) is 3.84. The van der Waals surface area contributed by atoms with Gasteiger partial charge in [-0.15, -0.1) is 0 Å². The van der Waals surface area contributed by atoms with Crippen molar-refractivity contribution >= 4 is 0 Å². The molecule has 0 aliphatic heterocycles. The summed E-state index contributed by atoms with van der Waals surface area (Å²) in [6.45, 7) is 2.62. The van der Waals surface area contributed by atoms with Crippen LogP contribution in [0.4, 0.5) is 0 Å². The van der Waals surface area contributed by atoms with Crippen molar-refractivity contribution in [1.29, 1.82) is 0 Å². The molecule has 1 unspecified atom stereocenters. The van der Waals surface area contributed by atoms with Crippen LogP contribution in [-0.4, -0.2) is 42.4 Å². The normalized spacial score (nSPS) is 16.2. The lowest BCUT2D eigenvalue weighted by Crippen LogP contribution is -2.32. The Bertz CT molecular complexity index is 669. The van der Waals surface area contributed by atoms with E-state index in [9.17, 15) is 5.11 Å². The first kappa shape index (κ1) is 20.8. The van der Waals surface area contributed by atoms with Crippen molar-refractivity contribution in [2.45, 2.75) is 57.3 Å². The average molecular weight is 383 g/mol. The van der Waals surface area contributed by atoms with Crippen molar-refractivity contribution in [3.8, 4) is 5.75 Å². The molecule has 0 saturated heterocycles. The molecule has 28 heavy (non-hydrogen) atoms. The molecule has 0 amide bonds. The van der Waals surface area contributed by atoms with Crippen LogP contribution in [0, 0.1) is 0 Å². The molecule has 2 N–H and O–H groups in total. The quantitative estimate of drug-likeness (QED) is 0.652. The van der Waals surface area contributed by atoms with Gasteiger partial charge in [0.15, 0.2) is 0 Å². The third-order valence-corrected chi connectivity index (χ3v) is 5.38. The van der Waals surface area contributed by atoms with Crippen LogP contribution in [0.15, 0.2) is 54.6 Å². The summed E-state index contributed by atoms with van der Waals surface area (Å²) < 4.78 is 5.77. The molecule has 1 atom stereocenters. The number of benzene rings is 2. The van der Waals surface area contributed by atoms with E-state index in [1.54, 1.807) is 0 Å². The smallest absolute Gasteiger partial charge is 0.119 e. The molecule has 1 aliphatic carbocycles. The molecule has 2 aromatic carbocycles. The number of nitrogens with one attached hydrogen (secondary N) is 1. The van der Waals surface area contributed by atoms with Gasteiger partial charge in [0, 0.05) is 25.7 Å². The van der Waals surface area contributed by atoms with E-state index in [1.165, 1.54) is 43.2 Å². The van der Waals surface area contributed by atoms with Gasteiger partial charge in [-0.3, -0.25) is 4.90 Å². The fraction of sp³-hybridized carbons (Fsp3) is 0.500. The topological polar surface area (TPSA) is 44.7 Å². The van der Waals surface area contributed by atoms with E-state index in [1.807, 2.05) is 37.4 Å². The minimum Gasteiger partial charge on any atom is -0.491 e. The molecular weight excluding hydrogens is 348 g/mol. The maximum Gasteiger partial charge on any atom is 0.119 e. The molecule has 2 aromatic rings. The largest absolute Gasteiger partial charge is 0.491 e. The Morgan fingerprint density at radius 1 is 1.00 bits per heavy atom. The minimum atomic E-state index is -0.513. The van der Waals surface area contributed by atoms with Crippen molar-refractivity contribution in [1.82, 2.24) is 10.2 Å². The molecular formula is C24H34N2O2. The summed E-state index contributed by atoms with van der Waals surface area (Å²) in [6.07, 6.45) is 6.19. The van der Waals surface area contributed by atoms with Gasteiger partial charge < -0.3 is 15.2 Å². The predicted octanol–water partition coefficient (Wildman–Crippen LogP) is 3.98. The van der Waals surface area contributed by atoms with Crippen molar-refractivity contribution in [3.63, 3.8) is 0 Å². The minimum absolute atomic E-state index is 0.304. The van der Waals surface area contributed by atoms with Crippen molar-refractivity contribution in [2.75, 3.05) is 20.2 Å². The van der Waals surface area contributed by atoms with E-state index >= 15 is 0 Å². The third-order valence-electron chi connectivity index (χ3n) is 5.38. The number of aliphatic hydroxyl groups is 1. The predicted molar refractivity (Wildman–Crippen MR) is 114 cm³/mol. The van der Waals surface area contributed by atoms with Gasteiger partial charge in [0.25, 0.3) is 0 Å². The molecule has 1 aliphatic rings. The number of hydrogen-bond acceptors (Lipinski definition) is 4. The number of ether oxygens (including phenoxy) is 1. The molecule has 0 aromatic heterocycles. The van der Waals surface area contributed by atoms with Crippen LogP contribution < -0.4 is 10.1 Å². The Morgan fingerprint density at radius 2 is 1.71 bits per heavy atom. The van der Waals surface area contributed by atoms with Crippen LogP contribution >= 0.6 is 0 Å². The number of hydrogen-bond donors (Lipinski definition) is 2. The summed E-state index contributed by atoms with van der Waals surface area (Å²) in [5.41, 5.74) is 2.52. The highest BCUT2D eigenvalue weighted by atomic mass is 16.5. The maximum atomic E-state index is 10.3. The SMILES string of the molecule is CN(Cc1ccccc1)CC(O)COc1ccc(CNC2CCCCC2)cc1. The second kappa shape index (κ2) is 11.2. The van der Waals surface area contributed by atoms with Gasteiger partial charge in [-0.25, -0.2) is 0 Å². The first-order valence-electron chi connectivity index (χ1n) is 10.5. The monoisotopic (exact) mass is 382 g/mol. The summed E-state index contributed by atoms with van der Waals surface area (Å²) in [5, 5.41) is 13.9. The lowest BCUT2D eigenvalue weighted by Gasteiger charge is -2.23. The number of nitrogens with zero attached hydrogens (tertiary/aromatic N) is 1. The zero-order chi connectivity index (χ0) is 19.6. The average Bonchev–Trinajstić information content (AvgIpc) is 2.73. The maximum absolute atomic E-state index is 10.3. The van der Waals surface area contributed by atoms with Gasteiger partial charge >= 0.3 is 0 Å². The van der Waals surface area contributed by atoms with Gasteiger partial charge in [0.05, 0.1) is 0 Å². The summed E-state index contributed by atoms with van der Waals surface area (Å²) in [4.78, 5) is 2.11. The zero-order valence-electron chi connectivity index (χ0n) is 17.0.